The van der Waals surface area contributed by atoms with Crippen LogP contribution in [-0.2, 0) is 11.3 Å². The van der Waals surface area contributed by atoms with Gasteiger partial charge >= 0.3 is 5.97 Å². The summed E-state index contributed by atoms with van der Waals surface area (Å²) in [6, 6.07) is 29.0. The zero-order valence-corrected chi connectivity index (χ0v) is 21.4. The van der Waals surface area contributed by atoms with Crippen molar-refractivity contribution >= 4 is 65.8 Å². The highest BCUT2D eigenvalue weighted by molar-refractivity contribution is 7.26. The Labute approximate surface area is 222 Å². The molecule has 6 heteroatoms. The number of rotatable bonds is 7. The van der Waals surface area contributed by atoms with Crippen LogP contribution in [0.15, 0.2) is 91.1 Å². The van der Waals surface area contributed by atoms with Crippen molar-refractivity contribution in [3.8, 4) is 11.1 Å². The van der Waals surface area contributed by atoms with Crippen molar-refractivity contribution in [2.24, 2.45) is 0 Å². The Balaban J connectivity index is 1.33. The number of hydrogen-bond acceptors (Lipinski definition) is 3. The maximum Gasteiger partial charge on any atom is 0.303 e. The average Bonchev–Trinajstić information content (AvgIpc) is 3.46. The molecule has 0 atom stereocenters. The summed E-state index contributed by atoms with van der Waals surface area (Å²) in [6.07, 6.45) is 1.58. The van der Waals surface area contributed by atoms with Crippen LogP contribution in [-0.4, -0.2) is 21.4 Å². The Hall–Kier alpha value is -3.93. The number of benzene rings is 4. The van der Waals surface area contributed by atoms with Gasteiger partial charge in [-0.15, -0.1) is 11.3 Å². The molecule has 0 aliphatic rings. The third-order valence-corrected chi connectivity index (χ3v) is 8.19. The van der Waals surface area contributed by atoms with Gasteiger partial charge in [0, 0.05) is 60.8 Å². The molecule has 4 aromatic carbocycles. The van der Waals surface area contributed by atoms with Crippen molar-refractivity contribution in [1.29, 1.82) is 0 Å². The Bertz CT molecular complexity index is 1810. The van der Waals surface area contributed by atoms with E-state index >= 15 is 0 Å². The van der Waals surface area contributed by atoms with Crippen LogP contribution < -0.4 is 0 Å². The predicted octanol–water partition coefficient (Wildman–Crippen LogP) is 8.43. The zero-order valence-electron chi connectivity index (χ0n) is 19.8. The molecule has 2 heterocycles. The quantitative estimate of drug-likeness (QED) is 0.214. The lowest BCUT2D eigenvalue weighted by Crippen LogP contribution is -2.03. The van der Waals surface area contributed by atoms with Crippen molar-refractivity contribution in [2.75, 3.05) is 0 Å². The molecule has 4 nitrogen and oxygen atoms in total. The Morgan fingerprint density at radius 1 is 0.838 bits per heavy atom. The molecule has 6 rings (SSSR count). The first-order valence-electron chi connectivity index (χ1n) is 12.0. The monoisotopic (exact) mass is 523 g/mol. The molecule has 2 aromatic heterocycles. The molecule has 0 aliphatic carbocycles. The number of halogens is 1. The van der Waals surface area contributed by atoms with Gasteiger partial charge in [0.15, 0.2) is 5.78 Å². The number of carbonyl (C=O) groups excluding carboxylic acids is 1. The molecule has 37 heavy (non-hydrogen) atoms. The number of carboxylic acid groups (broad SMARTS) is 1. The number of aliphatic carboxylic acids is 1. The van der Waals surface area contributed by atoms with E-state index in [0.29, 0.717) is 17.1 Å². The van der Waals surface area contributed by atoms with E-state index in [1.54, 1.807) is 12.1 Å². The van der Waals surface area contributed by atoms with Crippen LogP contribution in [0.25, 0.3) is 42.2 Å². The van der Waals surface area contributed by atoms with E-state index in [0.717, 1.165) is 22.0 Å². The Morgan fingerprint density at radius 3 is 2.43 bits per heavy atom. The topological polar surface area (TPSA) is 59.3 Å². The maximum atomic E-state index is 12.8. The van der Waals surface area contributed by atoms with Gasteiger partial charge in [0.1, 0.15) is 0 Å². The van der Waals surface area contributed by atoms with Crippen LogP contribution in [0.2, 0.25) is 5.02 Å². The molecular formula is C31H22ClNO3S. The van der Waals surface area contributed by atoms with E-state index in [9.17, 15) is 9.59 Å². The van der Waals surface area contributed by atoms with E-state index < -0.39 is 5.97 Å². The van der Waals surface area contributed by atoms with Gasteiger partial charge in [-0.05, 0) is 41.0 Å². The fourth-order valence-electron chi connectivity index (χ4n) is 4.94. The summed E-state index contributed by atoms with van der Waals surface area (Å²) in [4.78, 5) is 23.8. The zero-order chi connectivity index (χ0) is 25.5. The first-order chi connectivity index (χ1) is 18.0. The summed E-state index contributed by atoms with van der Waals surface area (Å²) in [6.45, 7) is 0.581. The lowest BCUT2D eigenvalue weighted by atomic mass is 10.0. The van der Waals surface area contributed by atoms with Crippen LogP contribution in [0.4, 0.5) is 0 Å². The molecule has 0 aliphatic heterocycles. The highest BCUT2D eigenvalue weighted by Gasteiger charge is 2.17. The molecule has 0 saturated carbocycles. The van der Waals surface area contributed by atoms with Crippen molar-refractivity contribution in [1.82, 2.24) is 4.57 Å². The average molecular weight is 524 g/mol. The predicted molar refractivity (Wildman–Crippen MR) is 152 cm³/mol. The molecule has 0 amide bonds. The fourth-order valence-corrected chi connectivity index (χ4v) is 6.35. The first kappa shape index (κ1) is 23.5. The minimum absolute atomic E-state index is 0.0427. The van der Waals surface area contributed by atoms with Gasteiger partial charge in [-0.3, -0.25) is 9.59 Å². The molecule has 0 radical (unpaired) electrons. The Morgan fingerprint density at radius 2 is 1.62 bits per heavy atom. The van der Waals surface area contributed by atoms with E-state index in [-0.39, 0.29) is 18.6 Å². The highest BCUT2D eigenvalue weighted by atomic mass is 35.5. The highest BCUT2D eigenvalue weighted by Crippen LogP contribution is 2.39. The van der Waals surface area contributed by atoms with Crippen molar-refractivity contribution in [2.45, 2.75) is 19.4 Å². The lowest BCUT2D eigenvalue weighted by molar-refractivity contribution is -0.136. The summed E-state index contributed by atoms with van der Waals surface area (Å²) in [5.41, 5.74) is 4.88. The number of thiophene rings is 1. The van der Waals surface area contributed by atoms with Crippen LogP contribution in [0.1, 0.15) is 28.8 Å². The Kier molecular flexibility index (Phi) is 6.03. The second-order valence-corrected chi connectivity index (χ2v) is 10.6. The molecule has 0 unspecified atom stereocenters. The first-order valence-corrected chi connectivity index (χ1v) is 13.2. The van der Waals surface area contributed by atoms with Gasteiger partial charge in [-0.25, -0.2) is 0 Å². The van der Waals surface area contributed by atoms with Gasteiger partial charge in [-0.1, -0.05) is 72.3 Å². The molecule has 0 saturated heterocycles. The number of nitrogens with zero attached hydrogens (tertiary/aromatic N) is 1. The summed E-state index contributed by atoms with van der Waals surface area (Å²) < 4.78 is 4.60. The molecular weight excluding hydrogens is 502 g/mol. The van der Waals surface area contributed by atoms with Gasteiger partial charge in [0.05, 0.1) is 6.42 Å². The summed E-state index contributed by atoms with van der Waals surface area (Å²) in [5, 5.41) is 12.8. The minimum Gasteiger partial charge on any atom is -0.481 e. The third kappa shape index (κ3) is 4.41. The van der Waals surface area contributed by atoms with Crippen LogP contribution >= 0.6 is 22.9 Å². The van der Waals surface area contributed by atoms with E-state index in [1.165, 1.54) is 25.7 Å². The second-order valence-electron chi connectivity index (χ2n) is 9.13. The van der Waals surface area contributed by atoms with Gasteiger partial charge in [0.2, 0.25) is 0 Å². The van der Waals surface area contributed by atoms with Crippen molar-refractivity contribution in [3.05, 3.63) is 107 Å². The number of fused-ring (bicyclic) bond motifs is 4. The normalized spacial score (nSPS) is 11.5. The smallest absolute Gasteiger partial charge is 0.303 e. The number of ketones is 1. The summed E-state index contributed by atoms with van der Waals surface area (Å²) in [5.74, 6) is -1.18. The number of aromatic nitrogens is 1. The molecule has 0 spiro atoms. The second kappa shape index (κ2) is 9.51. The molecule has 1 N–H and O–H groups in total. The molecule has 182 valence electrons. The summed E-state index contributed by atoms with van der Waals surface area (Å²) >= 11 is 8.04. The largest absolute Gasteiger partial charge is 0.481 e. The fraction of sp³-hybridized carbons (Fsp3) is 0.0968. The third-order valence-electron chi connectivity index (χ3n) is 6.73. The van der Waals surface area contributed by atoms with Gasteiger partial charge < -0.3 is 9.67 Å². The standard InChI is InChI=1S/C31H22ClNO3S/c32-21-12-13-27-25(16-21)26(28(34)14-15-30(35)36)18-33(27)17-19-8-10-20(11-9-19)22-5-3-6-24-23-4-1-2-7-29(23)37-31(22)24/h1-13,16,18H,14-15,17H2,(H,35,36). The summed E-state index contributed by atoms with van der Waals surface area (Å²) in [7, 11) is 0. The van der Waals surface area contributed by atoms with Gasteiger partial charge in [0.25, 0.3) is 0 Å². The van der Waals surface area contributed by atoms with Gasteiger partial charge in [-0.2, -0.15) is 0 Å². The molecule has 0 bridgehead atoms. The van der Waals surface area contributed by atoms with E-state index in [2.05, 4.69) is 66.7 Å². The van der Waals surface area contributed by atoms with E-state index in [1.807, 2.05) is 28.2 Å². The lowest BCUT2D eigenvalue weighted by Gasteiger charge is -2.08. The minimum atomic E-state index is -0.985. The number of hydrogen-bond donors (Lipinski definition) is 1. The van der Waals surface area contributed by atoms with Crippen molar-refractivity contribution in [3.63, 3.8) is 0 Å². The van der Waals surface area contributed by atoms with Crippen LogP contribution in [0.3, 0.4) is 0 Å². The number of carboxylic acids is 1. The molecule has 0 fully saturated rings. The van der Waals surface area contributed by atoms with Crippen LogP contribution in [0.5, 0.6) is 0 Å². The SMILES string of the molecule is O=C(O)CCC(=O)c1cn(Cc2ccc(-c3cccc4c3sc3ccccc34)cc2)c2ccc(Cl)cc12. The van der Waals surface area contributed by atoms with Crippen LogP contribution in [0, 0.1) is 0 Å². The van der Waals surface area contributed by atoms with E-state index in [4.69, 9.17) is 16.7 Å². The number of carbonyl (C=O) groups is 2. The van der Waals surface area contributed by atoms with Crippen molar-refractivity contribution < 1.29 is 14.7 Å². The molecule has 6 aromatic rings. The maximum absolute atomic E-state index is 12.8. The number of Topliss-reactive ketones (excluding diaryl/α,β-unsaturated/α-hetero) is 1.